The highest BCUT2D eigenvalue weighted by Gasteiger charge is 2.34. The molecule has 0 saturated heterocycles. The summed E-state index contributed by atoms with van der Waals surface area (Å²) in [7, 11) is -2.55. The van der Waals surface area contributed by atoms with Crippen LogP contribution in [0.2, 0.25) is 0 Å². The number of carbonyl (C=O) groups is 1. The van der Waals surface area contributed by atoms with Crippen LogP contribution in [0.25, 0.3) is 0 Å². The number of anilines is 2. The number of hydrogen-bond acceptors (Lipinski definition) is 8. The average molecular weight is 746 g/mol. The normalized spacial score (nSPS) is 17.5. The fourth-order valence-electron chi connectivity index (χ4n) is 5.08. The minimum absolute atomic E-state index is 0.0367. The molecule has 0 bridgehead atoms. The van der Waals surface area contributed by atoms with Crippen molar-refractivity contribution in [3.05, 3.63) is 82.9 Å². The smallest absolute Gasteiger partial charge is 0.416 e. The van der Waals surface area contributed by atoms with E-state index in [1.54, 1.807) is 0 Å². The number of benzene rings is 2. The number of sulfonamides is 1. The Morgan fingerprint density at radius 2 is 1.65 bits per heavy atom. The second-order valence-corrected chi connectivity index (χ2v) is 15.3. The first kappa shape index (κ1) is 39.7. The van der Waals surface area contributed by atoms with Crippen molar-refractivity contribution in [2.75, 3.05) is 36.4 Å². The summed E-state index contributed by atoms with van der Waals surface area (Å²) < 4.78 is 112. The predicted molar refractivity (Wildman–Crippen MR) is 180 cm³/mol. The SMILES string of the molecule is CC(C)S(=O)(=O)N(C)c1cc(C(=O)N[C@@H](COc2cccc(C(F)(F)F)c2)[C@H](O)CNCc2cccc(C(F)(F)F)c2)cc(NC[C@H]2C[C@@H]2C)n1. The number of ether oxygens (including phenoxy) is 1. The van der Waals surface area contributed by atoms with E-state index in [1.807, 2.05) is 0 Å². The van der Waals surface area contributed by atoms with Gasteiger partial charge in [0.1, 0.15) is 24.0 Å². The number of pyridine rings is 1. The van der Waals surface area contributed by atoms with Gasteiger partial charge in [0, 0.05) is 32.2 Å². The van der Waals surface area contributed by atoms with Crippen molar-refractivity contribution in [1.29, 1.82) is 0 Å². The molecule has 51 heavy (non-hydrogen) atoms. The van der Waals surface area contributed by atoms with Crippen molar-refractivity contribution in [2.24, 2.45) is 11.8 Å². The van der Waals surface area contributed by atoms with E-state index in [9.17, 15) is 44.7 Å². The van der Waals surface area contributed by atoms with Gasteiger partial charge in [0.15, 0.2) is 0 Å². The minimum Gasteiger partial charge on any atom is -0.491 e. The summed E-state index contributed by atoms with van der Waals surface area (Å²) in [5.74, 6) is 0.0621. The van der Waals surface area contributed by atoms with Crippen molar-refractivity contribution < 1.29 is 49.4 Å². The van der Waals surface area contributed by atoms with Crippen LogP contribution in [-0.2, 0) is 28.9 Å². The van der Waals surface area contributed by atoms with Crippen molar-refractivity contribution in [2.45, 2.75) is 63.5 Å². The van der Waals surface area contributed by atoms with Crippen LogP contribution >= 0.6 is 0 Å². The summed E-state index contributed by atoms with van der Waals surface area (Å²) in [5.41, 5.74) is -1.60. The number of carbonyl (C=O) groups excluding carboxylic acids is 1. The first-order chi connectivity index (χ1) is 23.8. The molecule has 4 N–H and O–H groups in total. The fraction of sp³-hybridized carbons (Fsp3) is 0.471. The first-order valence-electron chi connectivity index (χ1n) is 16.1. The summed E-state index contributed by atoms with van der Waals surface area (Å²) in [6.07, 6.45) is -9.67. The lowest BCUT2D eigenvalue weighted by molar-refractivity contribution is -0.138. The Bertz CT molecular complexity index is 1770. The molecule has 4 rings (SSSR count). The van der Waals surface area contributed by atoms with Crippen molar-refractivity contribution in [3.8, 4) is 5.75 Å². The summed E-state index contributed by atoms with van der Waals surface area (Å²) in [6, 6.07) is 9.97. The van der Waals surface area contributed by atoms with Gasteiger partial charge in [-0.15, -0.1) is 0 Å². The van der Waals surface area contributed by atoms with E-state index in [-0.39, 0.29) is 41.6 Å². The van der Waals surface area contributed by atoms with Gasteiger partial charge in [-0.2, -0.15) is 26.3 Å². The topological polar surface area (TPSA) is 133 Å². The molecule has 1 amide bonds. The third-order valence-electron chi connectivity index (χ3n) is 8.50. The van der Waals surface area contributed by atoms with Crippen molar-refractivity contribution >= 4 is 27.6 Å². The van der Waals surface area contributed by atoms with Gasteiger partial charge in [-0.3, -0.25) is 9.10 Å². The van der Waals surface area contributed by atoms with Crippen LogP contribution < -0.4 is 25.0 Å². The molecule has 0 spiro atoms. The van der Waals surface area contributed by atoms with Gasteiger partial charge < -0.3 is 25.8 Å². The summed E-state index contributed by atoms with van der Waals surface area (Å²) in [6.45, 7) is 4.73. The maximum atomic E-state index is 13.7. The van der Waals surface area contributed by atoms with Gasteiger partial charge in [0.2, 0.25) is 10.0 Å². The Kier molecular flexibility index (Phi) is 12.5. The highest BCUT2D eigenvalue weighted by Crippen LogP contribution is 2.37. The van der Waals surface area contributed by atoms with Crippen LogP contribution in [-0.4, -0.2) is 68.6 Å². The second-order valence-electron chi connectivity index (χ2n) is 12.8. The zero-order chi connectivity index (χ0) is 37.7. The lowest BCUT2D eigenvalue weighted by atomic mass is 10.1. The molecular weight excluding hydrogens is 704 g/mol. The highest BCUT2D eigenvalue weighted by molar-refractivity contribution is 7.93. The lowest BCUT2D eigenvalue weighted by Crippen LogP contribution is -2.50. The number of aromatic nitrogens is 1. The van der Waals surface area contributed by atoms with E-state index in [1.165, 1.54) is 51.2 Å². The number of alkyl halides is 6. The molecule has 4 atom stereocenters. The van der Waals surface area contributed by atoms with Gasteiger partial charge >= 0.3 is 12.4 Å². The van der Waals surface area contributed by atoms with Gasteiger partial charge in [0.25, 0.3) is 5.91 Å². The number of nitrogens with one attached hydrogen (secondary N) is 3. The molecule has 1 aromatic heterocycles. The van der Waals surface area contributed by atoms with Crippen LogP contribution in [0.4, 0.5) is 38.0 Å². The van der Waals surface area contributed by atoms with Crippen LogP contribution in [0, 0.1) is 11.8 Å². The van der Waals surface area contributed by atoms with Crippen LogP contribution in [0.1, 0.15) is 54.2 Å². The quantitative estimate of drug-likeness (QED) is 0.138. The average Bonchev–Trinajstić information content (AvgIpc) is 3.78. The van der Waals surface area contributed by atoms with Gasteiger partial charge in [0.05, 0.1) is 28.5 Å². The Balaban J connectivity index is 1.57. The van der Waals surface area contributed by atoms with E-state index in [4.69, 9.17) is 4.74 Å². The van der Waals surface area contributed by atoms with Gasteiger partial charge in [-0.25, -0.2) is 13.4 Å². The van der Waals surface area contributed by atoms with Crippen molar-refractivity contribution in [1.82, 2.24) is 15.6 Å². The molecule has 1 aliphatic rings. The zero-order valence-corrected chi connectivity index (χ0v) is 29.2. The van der Waals surface area contributed by atoms with Crippen LogP contribution in [0.15, 0.2) is 60.7 Å². The Labute approximate surface area is 292 Å². The van der Waals surface area contributed by atoms with E-state index in [0.717, 1.165) is 41.1 Å². The Morgan fingerprint density at radius 3 is 2.25 bits per heavy atom. The molecule has 1 aliphatic carbocycles. The van der Waals surface area contributed by atoms with E-state index in [0.29, 0.717) is 18.4 Å². The Morgan fingerprint density at radius 1 is 1.02 bits per heavy atom. The number of hydrogen-bond donors (Lipinski definition) is 4. The number of halogens is 6. The molecule has 2 aromatic carbocycles. The molecular formula is C34H41F6N5O5S. The largest absolute Gasteiger partial charge is 0.491 e. The number of amides is 1. The fourth-order valence-corrected chi connectivity index (χ4v) is 6.06. The molecule has 10 nitrogen and oxygen atoms in total. The molecule has 0 aliphatic heterocycles. The number of aliphatic hydroxyl groups is 1. The number of rotatable bonds is 16. The summed E-state index contributed by atoms with van der Waals surface area (Å²) >= 11 is 0. The predicted octanol–water partition coefficient (Wildman–Crippen LogP) is 5.69. The molecule has 1 heterocycles. The second kappa shape index (κ2) is 16.1. The number of nitrogens with zero attached hydrogens (tertiary/aromatic N) is 2. The summed E-state index contributed by atoms with van der Waals surface area (Å²) in [5, 5.41) is 18.9. The standard InChI is InChI=1S/C34H41F6N5O5S/c1-20(2)51(48,49)45(4)31-14-23(13-30(44-31)42-17-24-11-21(24)3)32(47)43-28(19-50-27-10-6-9-26(15-27)34(38,39)40)29(46)18-41-16-22-7-5-8-25(12-22)33(35,36)37/h5-10,12-15,20-21,24,28-29,41,46H,11,16-19H2,1-4H3,(H,42,44)(H,43,47)/t21-,24+,28-,29+/m0/s1. The number of aliphatic hydroxyl groups excluding tert-OH is 1. The molecule has 1 fully saturated rings. The monoisotopic (exact) mass is 745 g/mol. The molecule has 3 aromatic rings. The van der Waals surface area contributed by atoms with E-state index >= 15 is 0 Å². The molecule has 0 radical (unpaired) electrons. The van der Waals surface area contributed by atoms with Gasteiger partial charge in [-0.05, 0) is 74.1 Å². The molecule has 0 unspecified atom stereocenters. The van der Waals surface area contributed by atoms with Crippen LogP contribution in [0.5, 0.6) is 5.75 Å². The van der Waals surface area contributed by atoms with Crippen LogP contribution in [0.3, 0.4) is 0 Å². The third-order valence-corrected chi connectivity index (χ3v) is 10.6. The third kappa shape index (κ3) is 11.0. The Hall–Kier alpha value is -4.09. The van der Waals surface area contributed by atoms with E-state index < -0.39 is 63.4 Å². The summed E-state index contributed by atoms with van der Waals surface area (Å²) in [4.78, 5) is 18.1. The first-order valence-corrected chi connectivity index (χ1v) is 17.7. The minimum atomic E-state index is -4.65. The maximum Gasteiger partial charge on any atom is 0.416 e. The molecule has 1 saturated carbocycles. The van der Waals surface area contributed by atoms with Gasteiger partial charge in [-0.1, -0.05) is 31.2 Å². The maximum absolute atomic E-state index is 13.7. The zero-order valence-electron chi connectivity index (χ0n) is 28.3. The van der Waals surface area contributed by atoms with Crippen molar-refractivity contribution in [3.63, 3.8) is 0 Å². The molecule has 280 valence electrons. The highest BCUT2D eigenvalue weighted by atomic mass is 32.2. The lowest BCUT2D eigenvalue weighted by Gasteiger charge is -2.26. The molecule has 17 heteroatoms. The van der Waals surface area contributed by atoms with E-state index in [2.05, 4.69) is 27.9 Å².